The van der Waals surface area contributed by atoms with E-state index in [-0.39, 0.29) is 11.0 Å². The van der Waals surface area contributed by atoms with E-state index in [2.05, 4.69) is 10.5 Å². The van der Waals surface area contributed by atoms with Crippen molar-refractivity contribution in [3.8, 4) is 11.5 Å². The highest BCUT2D eigenvalue weighted by molar-refractivity contribution is 5.96. The molecule has 3 aromatic rings. The number of aryl methyl sites for hydroxylation is 1. The molecule has 0 fully saturated rings. The van der Waals surface area contributed by atoms with Crippen LogP contribution in [-0.2, 0) is 0 Å². The fourth-order valence-corrected chi connectivity index (χ4v) is 2.51. The van der Waals surface area contributed by atoms with Crippen LogP contribution in [0.15, 0.2) is 57.0 Å². The van der Waals surface area contributed by atoms with E-state index in [1.165, 1.54) is 26.7 Å². The Balaban J connectivity index is 1.81. The minimum atomic E-state index is -0.468. The molecule has 0 saturated heterocycles. The van der Waals surface area contributed by atoms with Crippen LogP contribution in [0, 0.1) is 6.92 Å². The van der Waals surface area contributed by atoms with Crippen molar-refractivity contribution >= 4 is 23.1 Å². The summed E-state index contributed by atoms with van der Waals surface area (Å²) in [4.78, 5) is 24.8. The van der Waals surface area contributed by atoms with Crippen molar-refractivity contribution in [1.29, 1.82) is 0 Å². The molecule has 0 aliphatic carbocycles. The Morgan fingerprint density at radius 3 is 2.48 bits per heavy atom. The van der Waals surface area contributed by atoms with Gasteiger partial charge in [-0.2, -0.15) is 5.10 Å². The number of hydrogen-bond acceptors (Lipinski definition) is 6. The molecular formula is C20H18N2O5. The second-order valence-electron chi connectivity index (χ2n) is 5.82. The third kappa shape index (κ3) is 3.98. The van der Waals surface area contributed by atoms with E-state index < -0.39 is 5.91 Å². The molecule has 1 N–H and O–H groups in total. The maximum atomic E-state index is 12.5. The van der Waals surface area contributed by atoms with Crippen LogP contribution < -0.4 is 20.3 Å². The standard InChI is InChI=1S/C20H18N2O5/c1-12-4-5-18-17(6-12)19(23)14(11-27-18)10-21-22-20(24)13-7-15(25-2)9-16(8-13)26-3/h4-11H,1-3H3,(H,22,24)/b21-10-. The van der Waals surface area contributed by atoms with E-state index in [1.807, 2.05) is 13.0 Å². The van der Waals surface area contributed by atoms with E-state index in [1.54, 1.807) is 30.3 Å². The van der Waals surface area contributed by atoms with Gasteiger partial charge in [-0.3, -0.25) is 9.59 Å². The Bertz CT molecular complexity index is 1060. The quantitative estimate of drug-likeness (QED) is 0.554. The first-order valence-corrected chi connectivity index (χ1v) is 8.10. The highest BCUT2D eigenvalue weighted by Gasteiger charge is 2.10. The molecule has 0 unspecified atom stereocenters. The number of benzene rings is 2. The molecule has 2 aromatic carbocycles. The lowest BCUT2D eigenvalue weighted by Gasteiger charge is -2.07. The van der Waals surface area contributed by atoms with Crippen molar-refractivity contribution < 1.29 is 18.7 Å². The van der Waals surface area contributed by atoms with Crippen molar-refractivity contribution in [2.24, 2.45) is 5.10 Å². The van der Waals surface area contributed by atoms with Crippen molar-refractivity contribution in [1.82, 2.24) is 5.43 Å². The molecule has 0 bridgehead atoms. The molecule has 0 radical (unpaired) electrons. The molecule has 0 aliphatic heterocycles. The predicted octanol–water partition coefficient (Wildman–Crippen LogP) is 2.88. The zero-order valence-electron chi connectivity index (χ0n) is 15.1. The molecule has 138 valence electrons. The van der Waals surface area contributed by atoms with Gasteiger partial charge in [0.25, 0.3) is 5.91 Å². The minimum absolute atomic E-state index is 0.221. The average Bonchev–Trinajstić information content (AvgIpc) is 2.69. The number of carbonyl (C=O) groups is 1. The Morgan fingerprint density at radius 2 is 1.81 bits per heavy atom. The van der Waals surface area contributed by atoms with Gasteiger partial charge in [-0.1, -0.05) is 11.6 Å². The van der Waals surface area contributed by atoms with Gasteiger partial charge in [-0.25, -0.2) is 5.43 Å². The van der Waals surface area contributed by atoms with Crippen LogP contribution in [0.2, 0.25) is 0 Å². The molecule has 7 heteroatoms. The molecule has 0 saturated carbocycles. The molecule has 27 heavy (non-hydrogen) atoms. The van der Waals surface area contributed by atoms with Gasteiger partial charge < -0.3 is 13.9 Å². The summed E-state index contributed by atoms with van der Waals surface area (Å²) in [6.45, 7) is 1.89. The Morgan fingerprint density at radius 1 is 1.11 bits per heavy atom. The number of hydrogen-bond donors (Lipinski definition) is 1. The van der Waals surface area contributed by atoms with E-state index in [9.17, 15) is 9.59 Å². The molecule has 0 aliphatic rings. The molecule has 1 amide bonds. The number of rotatable bonds is 5. The minimum Gasteiger partial charge on any atom is -0.497 e. The first-order chi connectivity index (χ1) is 13.0. The summed E-state index contributed by atoms with van der Waals surface area (Å²) in [7, 11) is 2.99. The molecule has 7 nitrogen and oxygen atoms in total. The number of nitrogens with one attached hydrogen (secondary N) is 1. The molecule has 0 spiro atoms. The zero-order valence-corrected chi connectivity index (χ0v) is 15.1. The van der Waals surface area contributed by atoms with Gasteiger partial charge in [0, 0.05) is 11.6 Å². The van der Waals surface area contributed by atoms with Gasteiger partial charge in [0.1, 0.15) is 23.3 Å². The Hall–Kier alpha value is -3.61. The van der Waals surface area contributed by atoms with Crippen LogP contribution in [0.1, 0.15) is 21.5 Å². The lowest BCUT2D eigenvalue weighted by molar-refractivity contribution is 0.0954. The van der Waals surface area contributed by atoms with Crippen molar-refractivity contribution in [3.05, 3.63) is 69.6 Å². The maximum absolute atomic E-state index is 12.5. The number of methoxy groups -OCH3 is 2. The smallest absolute Gasteiger partial charge is 0.271 e. The van der Waals surface area contributed by atoms with Crippen LogP contribution in [0.3, 0.4) is 0 Å². The van der Waals surface area contributed by atoms with Gasteiger partial charge in [0.15, 0.2) is 0 Å². The molecule has 0 atom stereocenters. The second-order valence-corrected chi connectivity index (χ2v) is 5.82. The predicted molar refractivity (Wildman–Crippen MR) is 102 cm³/mol. The van der Waals surface area contributed by atoms with Gasteiger partial charge in [-0.15, -0.1) is 0 Å². The van der Waals surface area contributed by atoms with Crippen molar-refractivity contribution in [2.45, 2.75) is 6.92 Å². The molecule has 3 rings (SSSR count). The fourth-order valence-electron chi connectivity index (χ4n) is 2.51. The van der Waals surface area contributed by atoms with Gasteiger partial charge in [0.2, 0.25) is 5.43 Å². The zero-order chi connectivity index (χ0) is 19.4. The largest absolute Gasteiger partial charge is 0.497 e. The highest BCUT2D eigenvalue weighted by Crippen LogP contribution is 2.22. The van der Waals surface area contributed by atoms with Crippen molar-refractivity contribution in [3.63, 3.8) is 0 Å². The van der Waals surface area contributed by atoms with Crippen LogP contribution in [0.5, 0.6) is 11.5 Å². The molecule has 1 aromatic heterocycles. The first-order valence-electron chi connectivity index (χ1n) is 8.10. The second kappa shape index (κ2) is 7.74. The van der Waals surface area contributed by atoms with Gasteiger partial charge in [-0.05, 0) is 31.2 Å². The van der Waals surface area contributed by atoms with E-state index >= 15 is 0 Å². The summed E-state index contributed by atoms with van der Waals surface area (Å²) < 4.78 is 15.7. The maximum Gasteiger partial charge on any atom is 0.271 e. The number of ether oxygens (including phenoxy) is 2. The van der Waals surface area contributed by atoms with E-state index in [0.29, 0.717) is 28.0 Å². The van der Waals surface area contributed by atoms with Crippen LogP contribution in [0.25, 0.3) is 11.0 Å². The number of amides is 1. The Labute approximate surface area is 155 Å². The van der Waals surface area contributed by atoms with E-state index in [4.69, 9.17) is 13.9 Å². The summed E-state index contributed by atoms with van der Waals surface area (Å²) in [6, 6.07) is 10.1. The third-order valence-corrected chi connectivity index (χ3v) is 3.94. The number of nitrogens with zero attached hydrogens (tertiary/aromatic N) is 1. The SMILES string of the molecule is COc1cc(OC)cc(C(=O)N/N=C\c2coc3ccc(C)cc3c2=O)c1. The summed E-state index contributed by atoms with van der Waals surface area (Å²) >= 11 is 0. The highest BCUT2D eigenvalue weighted by atomic mass is 16.5. The summed E-state index contributed by atoms with van der Waals surface area (Å²) in [5, 5.41) is 4.31. The monoisotopic (exact) mass is 366 g/mol. The normalized spacial score (nSPS) is 10.9. The number of fused-ring (bicyclic) bond motifs is 1. The fraction of sp³-hybridized carbons (Fsp3) is 0.150. The molecule has 1 heterocycles. The molecular weight excluding hydrogens is 348 g/mol. The summed E-state index contributed by atoms with van der Waals surface area (Å²) in [6.07, 6.45) is 2.56. The summed E-state index contributed by atoms with van der Waals surface area (Å²) in [5.41, 5.74) is 4.14. The van der Waals surface area contributed by atoms with E-state index in [0.717, 1.165) is 5.56 Å². The van der Waals surface area contributed by atoms with Gasteiger partial charge in [0.05, 0.1) is 31.4 Å². The number of carbonyl (C=O) groups excluding carboxylic acids is 1. The topological polar surface area (TPSA) is 90.1 Å². The van der Waals surface area contributed by atoms with Crippen molar-refractivity contribution in [2.75, 3.05) is 14.2 Å². The lowest BCUT2D eigenvalue weighted by atomic mass is 10.1. The van der Waals surface area contributed by atoms with Crippen LogP contribution in [0.4, 0.5) is 0 Å². The van der Waals surface area contributed by atoms with Crippen LogP contribution >= 0.6 is 0 Å². The number of hydrazone groups is 1. The van der Waals surface area contributed by atoms with Gasteiger partial charge >= 0.3 is 0 Å². The Kier molecular flexibility index (Phi) is 5.21. The lowest BCUT2D eigenvalue weighted by Crippen LogP contribution is -2.18. The average molecular weight is 366 g/mol. The summed E-state index contributed by atoms with van der Waals surface area (Å²) in [5.74, 6) is 0.493. The van der Waals surface area contributed by atoms with Crippen LogP contribution in [-0.4, -0.2) is 26.3 Å². The first kappa shape index (κ1) is 18.2. The third-order valence-electron chi connectivity index (χ3n) is 3.94.